The molecule has 2 aromatic rings. The average Bonchev–Trinajstić information content (AvgIpc) is 3.72. The van der Waals surface area contributed by atoms with Crippen molar-refractivity contribution in [3.63, 3.8) is 0 Å². The first-order valence-corrected chi connectivity index (χ1v) is 24.4. The number of hydrogen-bond donors (Lipinski definition) is 13. The van der Waals surface area contributed by atoms with E-state index in [9.17, 15) is 62.7 Å². The van der Waals surface area contributed by atoms with Crippen molar-refractivity contribution in [3.05, 3.63) is 12.7 Å². The largest absolute Gasteiger partial charge is 0.481 e. The molecule has 0 saturated carbocycles. The van der Waals surface area contributed by atoms with Gasteiger partial charge in [-0.1, -0.05) is 13.8 Å². The molecule has 8 atom stereocenters. The Morgan fingerprint density at radius 2 is 1.70 bits per heavy atom. The second kappa shape index (κ2) is 23.0. The number of guanidine groups is 1. The van der Waals surface area contributed by atoms with Crippen molar-refractivity contribution in [1.29, 1.82) is 0 Å². The maximum Gasteiger partial charge on any atom is 0.481 e. The number of carbonyl (C=O) groups excluding carboxylic acids is 4. The van der Waals surface area contributed by atoms with Crippen LogP contribution in [0.4, 0.5) is 5.82 Å². The van der Waals surface area contributed by atoms with Gasteiger partial charge in [0.1, 0.15) is 42.3 Å². The Kier molecular flexibility index (Phi) is 19.6. The minimum absolute atomic E-state index is 0.00591. The van der Waals surface area contributed by atoms with E-state index in [1.54, 1.807) is 0 Å². The molecule has 1 saturated heterocycles. The van der Waals surface area contributed by atoms with Crippen molar-refractivity contribution < 1.29 is 85.3 Å². The number of nitrogens with two attached hydrogens (primary N) is 4. The van der Waals surface area contributed by atoms with E-state index in [-0.39, 0.29) is 61.2 Å². The number of rotatable bonds is 27. The van der Waals surface area contributed by atoms with Crippen molar-refractivity contribution in [1.82, 2.24) is 35.5 Å². The van der Waals surface area contributed by atoms with Crippen LogP contribution in [0.1, 0.15) is 40.0 Å². The van der Waals surface area contributed by atoms with E-state index in [4.69, 9.17) is 41.2 Å². The van der Waals surface area contributed by atoms with Crippen molar-refractivity contribution in [2.75, 3.05) is 50.1 Å². The van der Waals surface area contributed by atoms with Crippen LogP contribution in [0.2, 0.25) is 0 Å². The lowest BCUT2D eigenvalue weighted by Crippen LogP contribution is -2.46. The Labute approximate surface area is 368 Å². The Balaban J connectivity index is 1.43. The Bertz CT molecular complexity index is 2140. The fraction of sp³-hybridized carbons (Fsp3) is 0.667. The quantitative estimate of drug-likeness (QED) is 0.0177. The molecule has 0 bridgehead atoms. The smallest absolute Gasteiger partial charge is 0.385 e. The number of imidazole rings is 1. The number of phosphoric ester groups is 3. The van der Waals surface area contributed by atoms with Gasteiger partial charge in [0.2, 0.25) is 23.6 Å². The Hall–Kier alpha value is -3.90. The summed E-state index contributed by atoms with van der Waals surface area (Å²) < 4.78 is 62.8. The van der Waals surface area contributed by atoms with Crippen LogP contribution in [0, 0.1) is 5.41 Å². The summed E-state index contributed by atoms with van der Waals surface area (Å²) in [4.78, 5) is 104. The predicted molar refractivity (Wildman–Crippen MR) is 223 cm³/mol. The van der Waals surface area contributed by atoms with Crippen molar-refractivity contribution in [3.8, 4) is 0 Å². The molecule has 1 aliphatic rings. The lowest BCUT2D eigenvalue weighted by atomic mass is 9.87. The first kappa shape index (κ1) is 54.4. The number of aliphatic hydroxyl groups excluding tert-OH is 2. The number of phosphoric acid groups is 3. The van der Waals surface area contributed by atoms with E-state index in [1.807, 2.05) is 0 Å². The number of hydrogen-bond acceptors (Lipinski definition) is 20. The minimum Gasteiger partial charge on any atom is -0.385 e. The number of fused-ring (bicyclic) bond motifs is 1. The highest BCUT2D eigenvalue weighted by Gasteiger charge is 2.57. The zero-order valence-corrected chi connectivity index (χ0v) is 38.0. The van der Waals surface area contributed by atoms with Gasteiger partial charge in [-0.3, -0.25) is 42.3 Å². The van der Waals surface area contributed by atoms with Crippen molar-refractivity contribution in [2.45, 2.75) is 76.2 Å². The normalized spacial score (nSPS) is 21.9. The van der Waals surface area contributed by atoms with Crippen LogP contribution in [0.25, 0.3) is 11.2 Å². The molecule has 64 heavy (non-hydrogen) atoms. The minimum atomic E-state index is -5.62. The summed E-state index contributed by atoms with van der Waals surface area (Å²) in [6, 6.07) is -0.916. The van der Waals surface area contributed by atoms with Crippen LogP contribution < -0.4 is 38.9 Å². The van der Waals surface area contributed by atoms with E-state index in [2.05, 4.69) is 40.2 Å². The van der Waals surface area contributed by atoms with Crippen LogP contribution in [-0.2, 0) is 61.2 Å². The zero-order chi connectivity index (χ0) is 48.3. The number of aromatic nitrogens is 4. The third-order valence-corrected chi connectivity index (χ3v) is 13.0. The summed E-state index contributed by atoms with van der Waals surface area (Å²) in [6.07, 6.45) is -5.05. The first-order valence-electron chi connectivity index (χ1n) is 18.7. The van der Waals surface area contributed by atoms with Gasteiger partial charge in [0, 0.05) is 37.2 Å². The van der Waals surface area contributed by atoms with E-state index >= 15 is 0 Å². The van der Waals surface area contributed by atoms with Gasteiger partial charge in [-0.05, 0) is 19.8 Å². The lowest BCUT2D eigenvalue weighted by molar-refractivity contribution is -0.137. The summed E-state index contributed by atoms with van der Waals surface area (Å²) in [7, 11) is -16.5. The maximum absolute atomic E-state index is 12.8. The van der Waals surface area contributed by atoms with Crippen molar-refractivity contribution >= 4 is 81.8 Å². The molecule has 0 aromatic carbocycles. The number of amides is 4. The molecule has 7 unspecified atom stereocenters. The topological polar surface area (TPSA) is 483 Å². The average molecular weight is 995 g/mol. The van der Waals surface area contributed by atoms with Gasteiger partial charge in [-0.2, -0.15) is 16.1 Å². The molecule has 362 valence electrons. The molecule has 30 nitrogen and oxygen atoms in total. The second-order valence-corrected chi connectivity index (χ2v) is 20.0. The molecule has 3 rings (SSSR count). The molecule has 0 radical (unpaired) electrons. The number of primary amides is 1. The molecule has 2 aromatic heterocycles. The SMILES string of the molecule is CC(C)(COP(=O)(O)OP(=O)(O)OCC1OC(C)(n2cnc3c(N)ncnc32)C(O)C1OP(=O)(O)O)C(O)C(=O)NCCC(=O)NCCSCC(=O)N[C@H](CCCN=C(N)N)C(N)=O. The molecule has 1 aliphatic heterocycles. The van der Waals surface area contributed by atoms with Gasteiger partial charge in [-0.15, -0.1) is 0 Å². The van der Waals surface area contributed by atoms with Gasteiger partial charge in [0.15, 0.2) is 23.1 Å². The standard InChI is InChI=1S/C30H53N12O18P3S/c1-29(2,23(46)27(48)36-8-6-18(43)35-9-10-64-12-19(44)41-16(25(32)47)5-4-7-37-28(33)34)13-57-63(54,55)60-62(52,53)56-11-17-21(59-61(49,50)51)22(45)30(3,58-17)42-15-40-20-24(31)38-14-39-26(20)42/h14-17,21-23,45-46H,4-13H2,1-3H3,(H2,32,47)(H,35,43)(H,36,48)(H,41,44)(H,52,53)(H,54,55)(H2,31,38,39)(H4,33,34,37)(H2,49,50,51)/t16-,17?,21?,22?,23?,30?/m1/s1. The highest BCUT2D eigenvalue weighted by atomic mass is 32.2. The van der Waals surface area contributed by atoms with E-state index in [0.29, 0.717) is 12.2 Å². The van der Waals surface area contributed by atoms with E-state index in [1.165, 1.54) is 20.8 Å². The van der Waals surface area contributed by atoms with Crippen LogP contribution in [0.15, 0.2) is 17.6 Å². The molecule has 0 spiro atoms. The molecular formula is C30H53N12O18P3S. The van der Waals surface area contributed by atoms with Crippen LogP contribution in [-0.4, -0.2) is 154 Å². The molecule has 0 aliphatic carbocycles. The molecule has 34 heteroatoms. The summed E-state index contributed by atoms with van der Waals surface area (Å²) in [5, 5.41) is 29.2. The maximum atomic E-state index is 12.8. The number of aliphatic imine (C=N–C) groups is 1. The van der Waals surface area contributed by atoms with Crippen LogP contribution in [0.5, 0.6) is 0 Å². The lowest BCUT2D eigenvalue weighted by Gasteiger charge is -2.30. The number of anilines is 1. The summed E-state index contributed by atoms with van der Waals surface area (Å²) in [5.74, 6) is -2.58. The summed E-state index contributed by atoms with van der Waals surface area (Å²) in [5.41, 5.74) is 18.0. The van der Waals surface area contributed by atoms with Crippen molar-refractivity contribution in [2.24, 2.45) is 27.6 Å². The molecule has 3 heterocycles. The highest BCUT2D eigenvalue weighted by molar-refractivity contribution is 7.99. The summed E-state index contributed by atoms with van der Waals surface area (Å²) in [6.45, 7) is 1.74. The molecule has 4 amide bonds. The van der Waals surface area contributed by atoms with Crippen LogP contribution in [0.3, 0.4) is 0 Å². The van der Waals surface area contributed by atoms with Crippen LogP contribution >= 0.6 is 35.2 Å². The monoisotopic (exact) mass is 994 g/mol. The Morgan fingerprint density at radius 1 is 1.03 bits per heavy atom. The highest BCUT2D eigenvalue weighted by Crippen LogP contribution is 2.61. The molecule has 17 N–H and O–H groups in total. The fourth-order valence-electron chi connectivity index (χ4n) is 5.71. The number of nitrogens with zero attached hydrogens (tertiary/aromatic N) is 5. The second-order valence-electron chi connectivity index (χ2n) is 14.7. The predicted octanol–water partition coefficient (Wildman–Crippen LogP) is -3.66. The number of nitrogen functional groups attached to an aromatic ring is 1. The van der Waals surface area contributed by atoms with Gasteiger partial charge >= 0.3 is 23.5 Å². The molecular weight excluding hydrogens is 941 g/mol. The van der Waals surface area contributed by atoms with Gasteiger partial charge < -0.3 is 73.4 Å². The van der Waals surface area contributed by atoms with E-state index in [0.717, 1.165) is 29.0 Å². The number of carbonyl (C=O) groups is 4. The third kappa shape index (κ3) is 16.5. The zero-order valence-electron chi connectivity index (χ0n) is 34.5. The van der Waals surface area contributed by atoms with E-state index < -0.39 is 102 Å². The first-order chi connectivity index (χ1) is 29.6. The number of aliphatic hydroxyl groups is 2. The van der Waals surface area contributed by atoms with Gasteiger partial charge in [0.05, 0.1) is 25.3 Å². The fourth-order valence-corrected chi connectivity index (χ4v) is 9.18. The molecule has 1 fully saturated rings. The van der Waals surface area contributed by atoms with Gasteiger partial charge in [0.25, 0.3) is 0 Å². The number of ether oxygens (including phenoxy) is 1. The number of thioether (sulfide) groups is 1. The summed E-state index contributed by atoms with van der Waals surface area (Å²) >= 11 is 1.16. The Morgan fingerprint density at radius 3 is 2.34 bits per heavy atom. The number of nitrogens with one attached hydrogen (secondary N) is 3. The van der Waals surface area contributed by atoms with Gasteiger partial charge in [-0.25, -0.2) is 28.6 Å². The third-order valence-electron chi connectivity index (χ3n) is 8.99.